The minimum absolute atomic E-state index is 0.00282. The molecule has 1 aliphatic heterocycles. The number of alkyl halides is 2. The molecule has 0 spiro atoms. The minimum Gasteiger partial charge on any atom is -0.390 e. The quantitative estimate of drug-likeness (QED) is 0.527. The van der Waals surface area contributed by atoms with Crippen LogP contribution >= 0.6 is 0 Å². The van der Waals surface area contributed by atoms with Crippen LogP contribution in [0, 0.1) is 18.7 Å². The van der Waals surface area contributed by atoms with Crippen LogP contribution in [0.1, 0.15) is 29.8 Å². The molecule has 11 heteroatoms. The lowest BCUT2D eigenvalue weighted by molar-refractivity contribution is -0.133. The first-order valence-electron chi connectivity index (χ1n) is 11.2. The molecule has 186 valence electrons. The third-order valence-electron chi connectivity index (χ3n) is 6.25. The number of halogens is 3. The Balaban J connectivity index is 1.63. The number of fused-ring (bicyclic) bond motifs is 1. The summed E-state index contributed by atoms with van der Waals surface area (Å²) in [5.74, 6) is -4.47. The van der Waals surface area contributed by atoms with E-state index in [1.54, 1.807) is 39.0 Å². The predicted octanol–water partition coefficient (Wildman–Crippen LogP) is 3.25. The van der Waals surface area contributed by atoms with Gasteiger partial charge in [-0.1, -0.05) is 12.1 Å². The number of nitrogens with zero attached hydrogens (tertiary/aromatic N) is 5. The number of pyridine rings is 1. The minimum atomic E-state index is -3.70. The van der Waals surface area contributed by atoms with Gasteiger partial charge in [0, 0.05) is 38.1 Å². The standard InChI is InChI=1S/C24H27F3N6O2/c1-13(17-6-5-7-19(20(17)25)24(26,27)12-34)29-22-18-8-16(9-28-21(18)14(2)30-31-22)33-10-15(11-33)23(35)32(3)4/h5-9,13,15,34H,10-12H2,1-4H3,(H,29,31)/t13-/m1/s1. The molecule has 0 aliphatic carbocycles. The van der Waals surface area contributed by atoms with E-state index in [0.29, 0.717) is 35.5 Å². The first-order chi connectivity index (χ1) is 16.5. The van der Waals surface area contributed by atoms with Gasteiger partial charge in [-0.25, -0.2) is 4.39 Å². The molecule has 2 N–H and O–H groups in total. The van der Waals surface area contributed by atoms with E-state index < -0.39 is 30.0 Å². The molecule has 1 fully saturated rings. The van der Waals surface area contributed by atoms with Crippen LogP contribution in [-0.2, 0) is 10.7 Å². The van der Waals surface area contributed by atoms with Gasteiger partial charge in [-0.3, -0.25) is 9.78 Å². The maximum absolute atomic E-state index is 15.0. The summed E-state index contributed by atoms with van der Waals surface area (Å²) in [4.78, 5) is 20.3. The molecule has 35 heavy (non-hydrogen) atoms. The number of aliphatic hydroxyl groups excluding tert-OH is 1. The lowest BCUT2D eigenvalue weighted by atomic mass is 9.98. The van der Waals surface area contributed by atoms with Gasteiger partial charge < -0.3 is 20.2 Å². The van der Waals surface area contributed by atoms with Gasteiger partial charge in [0.05, 0.1) is 40.6 Å². The van der Waals surface area contributed by atoms with Crippen molar-refractivity contribution in [2.75, 3.05) is 44.0 Å². The number of aromatic nitrogens is 3. The Kier molecular flexibility index (Phi) is 6.54. The number of carbonyl (C=O) groups is 1. The maximum atomic E-state index is 15.0. The summed E-state index contributed by atoms with van der Waals surface area (Å²) in [5.41, 5.74) is 1.14. The summed E-state index contributed by atoms with van der Waals surface area (Å²) in [6.07, 6.45) is 1.71. The number of hydrogen-bond donors (Lipinski definition) is 2. The van der Waals surface area contributed by atoms with E-state index in [4.69, 9.17) is 5.11 Å². The molecule has 2 aromatic heterocycles. The Morgan fingerprint density at radius 2 is 2.03 bits per heavy atom. The topological polar surface area (TPSA) is 94.5 Å². The molecule has 8 nitrogen and oxygen atoms in total. The fourth-order valence-corrected chi connectivity index (χ4v) is 4.17. The van der Waals surface area contributed by atoms with Crippen molar-refractivity contribution >= 4 is 28.3 Å². The molecule has 1 amide bonds. The van der Waals surface area contributed by atoms with Gasteiger partial charge in [-0.05, 0) is 26.0 Å². The highest BCUT2D eigenvalue weighted by Gasteiger charge is 2.36. The van der Waals surface area contributed by atoms with E-state index in [1.165, 1.54) is 12.1 Å². The largest absolute Gasteiger partial charge is 0.390 e. The lowest BCUT2D eigenvalue weighted by Crippen LogP contribution is -2.53. The van der Waals surface area contributed by atoms with Gasteiger partial charge in [0.1, 0.15) is 12.4 Å². The SMILES string of the molecule is Cc1nnc(N[C@H](C)c2cccc(C(F)(F)CO)c2F)c2cc(N3CC(C(=O)N(C)C)C3)cnc12. The Bertz CT molecular complexity index is 1260. The van der Waals surface area contributed by atoms with Crippen molar-refractivity contribution in [3.05, 3.63) is 53.1 Å². The molecule has 1 saturated heterocycles. The van der Waals surface area contributed by atoms with Crippen molar-refractivity contribution < 1.29 is 23.1 Å². The van der Waals surface area contributed by atoms with Gasteiger partial charge in [-0.2, -0.15) is 13.9 Å². The van der Waals surface area contributed by atoms with Crippen molar-refractivity contribution in [1.82, 2.24) is 20.1 Å². The summed E-state index contributed by atoms with van der Waals surface area (Å²) in [5, 5.41) is 21.0. The Morgan fingerprint density at radius 1 is 1.31 bits per heavy atom. The number of anilines is 2. The van der Waals surface area contributed by atoms with Crippen LogP contribution in [0.2, 0.25) is 0 Å². The first kappa shape index (κ1) is 24.6. The average Bonchev–Trinajstić information content (AvgIpc) is 2.79. The second-order valence-electron chi connectivity index (χ2n) is 9.00. The summed E-state index contributed by atoms with van der Waals surface area (Å²) >= 11 is 0. The number of benzene rings is 1. The predicted molar refractivity (Wildman–Crippen MR) is 126 cm³/mol. The van der Waals surface area contributed by atoms with Crippen LogP contribution in [0.3, 0.4) is 0 Å². The maximum Gasteiger partial charge on any atom is 0.298 e. The van der Waals surface area contributed by atoms with Crippen LogP contribution in [0.25, 0.3) is 10.9 Å². The monoisotopic (exact) mass is 488 g/mol. The highest BCUT2D eigenvalue weighted by Crippen LogP contribution is 2.35. The van der Waals surface area contributed by atoms with Crippen LogP contribution in [0.15, 0.2) is 30.5 Å². The molecule has 1 aliphatic rings. The van der Waals surface area contributed by atoms with Gasteiger partial charge in [-0.15, -0.1) is 5.10 Å². The van der Waals surface area contributed by atoms with E-state index in [9.17, 15) is 18.0 Å². The number of hydrogen-bond acceptors (Lipinski definition) is 7. The number of amides is 1. The number of rotatable bonds is 7. The van der Waals surface area contributed by atoms with Gasteiger partial charge in [0.25, 0.3) is 5.92 Å². The molecular formula is C24H27F3N6O2. The van der Waals surface area contributed by atoms with E-state index >= 15 is 0 Å². The fraction of sp³-hybridized carbons (Fsp3) is 0.417. The van der Waals surface area contributed by atoms with Crippen LogP contribution in [0.5, 0.6) is 0 Å². The van der Waals surface area contributed by atoms with Crippen molar-refractivity contribution in [3.63, 3.8) is 0 Å². The van der Waals surface area contributed by atoms with E-state index in [0.717, 1.165) is 11.8 Å². The van der Waals surface area contributed by atoms with E-state index in [1.807, 2.05) is 11.0 Å². The highest BCUT2D eigenvalue weighted by atomic mass is 19.3. The summed E-state index contributed by atoms with van der Waals surface area (Å²) in [6.45, 7) is 3.03. The zero-order valence-corrected chi connectivity index (χ0v) is 19.9. The van der Waals surface area contributed by atoms with Gasteiger partial charge >= 0.3 is 0 Å². The third-order valence-corrected chi connectivity index (χ3v) is 6.25. The Morgan fingerprint density at radius 3 is 2.69 bits per heavy atom. The van der Waals surface area contributed by atoms with Gasteiger partial charge in [0.2, 0.25) is 5.91 Å². The summed E-state index contributed by atoms with van der Waals surface area (Å²) < 4.78 is 42.9. The van der Waals surface area contributed by atoms with Crippen LogP contribution in [-0.4, -0.2) is 64.9 Å². The van der Waals surface area contributed by atoms with Crippen LogP contribution < -0.4 is 10.2 Å². The normalized spacial score (nSPS) is 15.1. The second kappa shape index (κ2) is 9.29. The number of carbonyl (C=O) groups excluding carboxylic acids is 1. The second-order valence-corrected chi connectivity index (χ2v) is 9.00. The molecule has 4 rings (SSSR count). The molecule has 0 unspecified atom stereocenters. The molecule has 0 bridgehead atoms. The average molecular weight is 489 g/mol. The Hall–Kier alpha value is -3.47. The number of aliphatic hydroxyl groups is 1. The number of nitrogens with one attached hydrogen (secondary N) is 1. The van der Waals surface area contributed by atoms with Crippen molar-refractivity contribution in [2.24, 2.45) is 5.92 Å². The summed E-state index contributed by atoms with van der Waals surface area (Å²) in [7, 11) is 3.46. The molecule has 0 radical (unpaired) electrons. The molecule has 1 atom stereocenters. The highest BCUT2D eigenvalue weighted by molar-refractivity contribution is 5.92. The molecule has 0 saturated carbocycles. The molecular weight excluding hydrogens is 461 g/mol. The fourth-order valence-electron chi connectivity index (χ4n) is 4.17. The first-order valence-corrected chi connectivity index (χ1v) is 11.2. The van der Waals surface area contributed by atoms with Crippen LogP contribution in [0.4, 0.5) is 24.7 Å². The van der Waals surface area contributed by atoms with Crippen molar-refractivity contribution in [1.29, 1.82) is 0 Å². The smallest absolute Gasteiger partial charge is 0.298 e. The molecule has 1 aromatic carbocycles. The summed E-state index contributed by atoms with van der Waals surface area (Å²) in [6, 6.07) is 4.82. The lowest BCUT2D eigenvalue weighted by Gasteiger charge is -2.40. The zero-order chi connectivity index (χ0) is 25.5. The molecule has 3 heterocycles. The zero-order valence-electron chi connectivity index (χ0n) is 19.9. The Labute approximate surface area is 200 Å². The van der Waals surface area contributed by atoms with Crippen molar-refractivity contribution in [2.45, 2.75) is 25.8 Å². The van der Waals surface area contributed by atoms with E-state index in [2.05, 4.69) is 20.5 Å². The molecule has 3 aromatic rings. The van der Waals surface area contributed by atoms with Gasteiger partial charge in [0.15, 0.2) is 5.82 Å². The van der Waals surface area contributed by atoms with Crippen molar-refractivity contribution in [3.8, 4) is 0 Å². The van der Waals surface area contributed by atoms with E-state index in [-0.39, 0.29) is 17.4 Å². The number of aryl methyl sites for hydroxylation is 1. The third kappa shape index (κ3) is 4.60.